The van der Waals surface area contributed by atoms with Crippen LogP contribution in [0, 0.1) is 0 Å². The molecule has 1 aromatic heterocycles. The number of aromatic hydroxyl groups is 15. The van der Waals surface area contributed by atoms with Gasteiger partial charge in [-0.3, -0.25) is 19.2 Å². The lowest BCUT2D eigenvalue weighted by Crippen LogP contribution is -2.55. The summed E-state index contributed by atoms with van der Waals surface area (Å²) < 4.78 is 43.9. The van der Waals surface area contributed by atoms with Crippen molar-refractivity contribution in [2.75, 3.05) is 26.4 Å². The van der Waals surface area contributed by atoms with Crippen LogP contribution in [0.3, 0.4) is 0 Å². The maximum absolute atomic E-state index is 12.9. The Bertz CT molecular complexity index is 5760. The molecule has 8 aromatic carbocycles. The quantitative estimate of drug-likeness (QED) is 0.0550. The fourth-order valence-electron chi connectivity index (χ4n) is 15.8. The summed E-state index contributed by atoms with van der Waals surface area (Å²) in [7, 11) is 0. The molecule has 7 aliphatic rings. The van der Waals surface area contributed by atoms with Gasteiger partial charge in [0.05, 0.1) is 55.1 Å². The number of Topliss-reactive ketones (excluding diaryl/α,β-unsaturated/α-hetero) is 3. The zero-order valence-electron chi connectivity index (χ0n) is 66.0. The molecule has 0 amide bonds. The first-order chi connectivity index (χ1) is 61.0. The van der Waals surface area contributed by atoms with Crippen LogP contribution in [-0.4, -0.2) is 322 Å². The summed E-state index contributed by atoms with van der Waals surface area (Å²) in [5, 5.41) is 332. The van der Waals surface area contributed by atoms with E-state index in [2.05, 4.69) is 0 Å². The van der Waals surface area contributed by atoms with Crippen LogP contribution in [-0.2, 0) is 18.9 Å². The minimum absolute atomic E-state index is 0.00112. The van der Waals surface area contributed by atoms with E-state index < -0.39 is 316 Å². The van der Waals surface area contributed by atoms with Gasteiger partial charge in [-0.05, 0) is 71.3 Å². The minimum Gasteiger partial charge on any atom is -0.508 e. The number of phenolic OH excluding ortho intramolecular Hbond substituents is 14. The zero-order valence-corrected chi connectivity index (χ0v) is 66.0. The van der Waals surface area contributed by atoms with Crippen LogP contribution in [0.25, 0.3) is 22.3 Å². The number of benzene rings is 8. The van der Waals surface area contributed by atoms with Gasteiger partial charge < -0.3 is 206 Å². The van der Waals surface area contributed by atoms with Gasteiger partial charge in [0.1, 0.15) is 231 Å². The Morgan fingerprint density at radius 3 is 1.01 bits per heavy atom. The highest BCUT2D eigenvalue weighted by Crippen LogP contribution is 2.55. The van der Waals surface area contributed by atoms with Crippen LogP contribution in [0.15, 0.2) is 118 Å². The molecule has 129 heavy (non-hydrogen) atoms. The lowest BCUT2D eigenvalue weighted by molar-refractivity contribution is -0.232. The number of carbonyl (C=O) groups excluding carboxylic acids is 3. The molecular formula is C84H86O45. The van der Waals surface area contributed by atoms with Crippen molar-refractivity contribution in [1.29, 1.82) is 0 Å². The third-order valence-electron chi connectivity index (χ3n) is 22.8. The first-order valence-corrected chi connectivity index (χ1v) is 38.8. The van der Waals surface area contributed by atoms with E-state index in [1.807, 2.05) is 0 Å². The molecule has 45 heteroatoms. The van der Waals surface area contributed by atoms with Gasteiger partial charge in [0.2, 0.25) is 22.7 Å². The molecule has 0 saturated carbocycles. The van der Waals surface area contributed by atoms with E-state index in [1.165, 1.54) is 48.5 Å². The van der Waals surface area contributed by atoms with Crippen molar-refractivity contribution in [3.05, 3.63) is 175 Å². The molecule has 4 saturated heterocycles. The SMILES string of the molecule is O=C1C[C@H](c2ccc(O)cc2)Oc2cc(O)c([C@@H]3OC(CO)[C@@H](O)[C@H](O)C3O)c(O)c21.O=C1c2c(cc(O)c([C@@H]3OC(CO)[C@@H](O)[C@H](O)C3O)c2O)O[C@@H](c2ccc(O)c(O)c2)[C@@H]1O.O=C1c2c(cc(O)c([C@@H]3OC(CO)[C@@H](O)[C@H](O)C3O)c2O)O[C@@H](c2ccc(O)cc2)[C@@H]1O.O=c1c(O)c(-c2ccc(O)c(O)c2)oc2cc(O)c([C@@H]3OC(CO)[C@@H](O)[C@H](O)C3O)c(O)c12. The van der Waals surface area contributed by atoms with Crippen molar-refractivity contribution < 1.29 is 220 Å². The Morgan fingerprint density at radius 2 is 0.628 bits per heavy atom. The normalized spacial score (nSPS) is 29.9. The molecule has 4 fully saturated rings. The van der Waals surface area contributed by atoms with Gasteiger partial charge in [-0.15, -0.1) is 0 Å². The molecule has 7 aliphatic heterocycles. The zero-order chi connectivity index (χ0) is 94.1. The fourth-order valence-corrected chi connectivity index (χ4v) is 15.8. The van der Waals surface area contributed by atoms with Crippen molar-refractivity contribution in [1.82, 2.24) is 0 Å². The van der Waals surface area contributed by atoms with E-state index in [1.54, 1.807) is 12.1 Å². The smallest absolute Gasteiger partial charge is 0.238 e. The lowest BCUT2D eigenvalue weighted by atomic mass is 9.86. The van der Waals surface area contributed by atoms with Crippen LogP contribution in [0.1, 0.15) is 119 Å². The Balaban J connectivity index is 0.000000147. The largest absolute Gasteiger partial charge is 0.508 e. The van der Waals surface area contributed by atoms with Gasteiger partial charge in [0, 0.05) is 29.8 Å². The molecular weight excluding hydrogens is 1730 g/mol. The monoisotopic (exact) mass is 1810 g/mol. The van der Waals surface area contributed by atoms with Gasteiger partial charge in [0.25, 0.3) is 0 Å². The molecule has 16 rings (SSSR count). The molecule has 692 valence electrons. The Kier molecular flexibility index (Phi) is 27.2. The Morgan fingerprint density at radius 1 is 0.295 bits per heavy atom. The molecule has 0 bridgehead atoms. The second-order valence-electron chi connectivity index (χ2n) is 30.8. The van der Waals surface area contributed by atoms with Gasteiger partial charge >= 0.3 is 0 Å². The predicted molar refractivity (Wildman–Crippen MR) is 422 cm³/mol. The number of rotatable bonds is 12. The molecule has 0 aliphatic carbocycles. The minimum atomic E-state index is -1.86. The standard InChI is InChI=1S/C21H22O12.C21H20O12.C21H22O11.C21H22O10/c2*22-5-11-14(26)17(29)19(31)21(33-11)12-9(25)4-10-13(15(12)27)16(28)18(30)20(32-10)6-1-2-7(23)8(24)3-6;22-6-11-14(25)17(28)19(30)21(32-11)12-9(24)5-10-13(15(12)26)16(27)18(29)20(31-10)7-1-3-8(23)4-2-7;22-7-14-17(26)19(28)20(29)21(31-14)16-11(25)6-13-15(18(16)27)10(24)5-12(30-13)8-1-3-9(23)4-2-8/h1-4,11,14,17-27,29-31H,5H2;1-4,11,14,17,19,21-27,29-31H,5H2;1-5,11,14,17-26,28-30H,6H2;1-4,6,12,14,17,19-23,25-29H,5,7H2/t11?,14-,17+,18-,19?,20+,21+;11?,14-,17+,19?,21+;11?,14-,17+,18-,19?,20+,21+;12-,14?,17-,19+,20?,21+/m1111/s1. The van der Waals surface area contributed by atoms with Crippen molar-refractivity contribution in [2.45, 2.75) is 159 Å². The van der Waals surface area contributed by atoms with Crippen molar-refractivity contribution in [2.24, 2.45) is 0 Å². The van der Waals surface area contributed by atoms with Gasteiger partial charge in [-0.25, -0.2) is 0 Å². The summed E-state index contributed by atoms with van der Waals surface area (Å²) in [5.41, 5.74) is -3.58. The van der Waals surface area contributed by atoms with E-state index in [-0.39, 0.29) is 63.0 Å². The van der Waals surface area contributed by atoms with E-state index in [9.17, 15) is 188 Å². The number of hydrogen-bond acceptors (Lipinski definition) is 45. The lowest BCUT2D eigenvalue weighted by Gasteiger charge is -2.41. The Labute approximate surface area is 721 Å². The average molecular weight is 1820 g/mol. The molecule has 33 N–H and O–H groups in total. The summed E-state index contributed by atoms with van der Waals surface area (Å²) in [5.74, 6) is -12.5. The van der Waals surface area contributed by atoms with Crippen LogP contribution >= 0.6 is 0 Å². The summed E-state index contributed by atoms with van der Waals surface area (Å²) in [6.07, 6.45) is -39.8. The number of carbonyl (C=O) groups is 3. The highest BCUT2D eigenvalue weighted by molar-refractivity contribution is 6.07. The third-order valence-corrected chi connectivity index (χ3v) is 22.8. The predicted octanol–water partition coefficient (Wildman–Crippen LogP) is -2.78. The van der Waals surface area contributed by atoms with Crippen LogP contribution < -0.4 is 19.6 Å². The van der Waals surface area contributed by atoms with E-state index in [4.69, 9.17) is 37.6 Å². The molecule has 0 spiro atoms. The second kappa shape index (κ2) is 37.3. The molecule has 8 unspecified atom stereocenters. The molecule has 9 aromatic rings. The number of phenols is 14. The van der Waals surface area contributed by atoms with Gasteiger partial charge in [0.15, 0.2) is 59.0 Å². The molecule has 25 atom stereocenters. The van der Waals surface area contributed by atoms with Crippen molar-refractivity contribution in [3.8, 4) is 115 Å². The fraction of sp³-hybridized carbons (Fsp3) is 0.357. The number of ether oxygens (including phenoxy) is 7. The van der Waals surface area contributed by atoms with Gasteiger partial charge in [-0.2, -0.15) is 0 Å². The summed E-state index contributed by atoms with van der Waals surface area (Å²) in [4.78, 5) is 51.5. The highest BCUT2D eigenvalue weighted by atomic mass is 16.6. The number of ketones is 3. The van der Waals surface area contributed by atoms with Crippen LogP contribution in [0.2, 0.25) is 0 Å². The number of hydrogen-bond donors (Lipinski definition) is 33. The maximum atomic E-state index is 12.9. The van der Waals surface area contributed by atoms with E-state index >= 15 is 0 Å². The summed E-state index contributed by atoms with van der Waals surface area (Å²) >= 11 is 0. The first kappa shape index (κ1) is 94.1. The van der Waals surface area contributed by atoms with Crippen molar-refractivity contribution >= 4 is 28.3 Å². The second-order valence-corrected chi connectivity index (χ2v) is 30.8. The number of aliphatic hydroxyl groups is 18. The van der Waals surface area contributed by atoms with E-state index in [0.717, 1.165) is 48.5 Å². The average Bonchev–Trinajstić information content (AvgIpc) is 0.795. The summed E-state index contributed by atoms with van der Waals surface area (Å²) in [6, 6.07) is 22.3. The molecule has 45 nitrogen and oxygen atoms in total. The third kappa shape index (κ3) is 17.3. The van der Waals surface area contributed by atoms with Gasteiger partial charge in [-0.1, -0.05) is 30.3 Å². The van der Waals surface area contributed by atoms with Crippen molar-refractivity contribution in [3.63, 3.8) is 0 Å². The first-order valence-electron chi connectivity index (χ1n) is 38.8. The highest BCUT2D eigenvalue weighted by Gasteiger charge is 2.53. The maximum Gasteiger partial charge on any atom is 0.238 e. The van der Waals surface area contributed by atoms with Crippen LogP contribution in [0.5, 0.6) is 103 Å². The summed E-state index contributed by atoms with van der Waals surface area (Å²) in [6.45, 7) is -2.94. The molecule has 8 heterocycles. The Hall–Kier alpha value is -12.5. The topological polar surface area (TPSA) is 814 Å². The van der Waals surface area contributed by atoms with E-state index in [0.29, 0.717) is 11.1 Å². The number of aliphatic hydroxyl groups excluding tert-OH is 18. The molecule has 0 radical (unpaired) electrons. The van der Waals surface area contributed by atoms with Crippen LogP contribution in [0.4, 0.5) is 0 Å². The number of fused-ring (bicyclic) bond motifs is 4.